The van der Waals surface area contributed by atoms with Gasteiger partial charge in [-0.1, -0.05) is 11.2 Å². The van der Waals surface area contributed by atoms with Gasteiger partial charge in [-0.15, -0.1) is 0 Å². The minimum atomic E-state index is -0.323. The first-order valence-electron chi connectivity index (χ1n) is 10.4. The van der Waals surface area contributed by atoms with Crippen molar-refractivity contribution in [2.24, 2.45) is 0 Å². The van der Waals surface area contributed by atoms with Crippen molar-refractivity contribution in [3.63, 3.8) is 0 Å². The number of carbonyl (C=O) groups excluding carboxylic acids is 1. The molecule has 2 aliphatic rings. The molecule has 8 nitrogen and oxygen atoms in total. The van der Waals surface area contributed by atoms with Crippen molar-refractivity contribution in [1.29, 1.82) is 0 Å². The highest BCUT2D eigenvalue weighted by Crippen LogP contribution is 2.30. The molecule has 1 atom stereocenters. The summed E-state index contributed by atoms with van der Waals surface area (Å²) in [6, 6.07) is 11.9. The molecular formula is C22H23FN6O2. The maximum Gasteiger partial charge on any atom is 0.240 e. The highest BCUT2D eigenvalue weighted by molar-refractivity contribution is 5.96. The fourth-order valence-electron chi connectivity index (χ4n) is 4.12. The lowest BCUT2D eigenvalue weighted by Gasteiger charge is -2.34. The Hall–Kier alpha value is -3.33. The summed E-state index contributed by atoms with van der Waals surface area (Å²) < 4.78 is 18.6. The summed E-state index contributed by atoms with van der Waals surface area (Å²) in [5.74, 6) is 1.65. The molecule has 2 fully saturated rings. The molecule has 0 unspecified atom stereocenters. The average molecular weight is 422 g/mol. The van der Waals surface area contributed by atoms with E-state index >= 15 is 0 Å². The van der Waals surface area contributed by atoms with E-state index in [1.54, 1.807) is 17.0 Å². The van der Waals surface area contributed by atoms with Crippen LogP contribution in [0.4, 0.5) is 15.9 Å². The van der Waals surface area contributed by atoms with Crippen LogP contribution in [0.2, 0.25) is 0 Å². The second-order valence-electron chi connectivity index (χ2n) is 7.88. The SMILES string of the molecule is O=C1C[C@@H](c2noc(CN3CCN(c4ccccn4)CC3)n2)CN1c1ccc(F)cc1. The van der Waals surface area contributed by atoms with Gasteiger partial charge in [-0.05, 0) is 36.4 Å². The third-order valence-electron chi connectivity index (χ3n) is 5.82. The fraction of sp³-hybridized carbons (Fsp3) is 0.364. The van der Waals surface area contributed by atoms with Crippen LogP contribution in [0, 0.1) is 5.82 Å². The van der Waals surface area contributed by atoms with Crippen LogP contribution in [0.25, 0.3) is 0 Å². The van der Waals surface area contributed by atoms with Gasteiger partial charge in [0.05, 0.1) is 6.54 Å². The summed E-state index contributed by atoms with van der Waals surface area (Å²) in [4.78, 5) is 27.6. The van der Waals surface area contributed by atoms with Gasteiger partial charge >= 0.3 is 0 Å². The number of amides is 1. The minimum absolute atomic E-state index is 0.0198. The zero-order chi connectivity index (χ0) is 21.2. The van der Waals surface area contributed by atoms with E-state index in [0.29, 0.717) is 36.9 Å². The predicted octanol–water partition coefficient (Wildman–Crippen LogP) is 2.45. The smallest absolute Gasteiger partial charge is 0.240 e. The van der Waals surface area contributed by atoms with Crippen LogP contribution >= 0.6 is 0 Å². The molecule has 1 amide bonds. The van der Waals surface area contributed by atoms with Crippen LogP contribution in [-0.4, -0.2) is 58.7 Å². The lowest BCUT2D eigenvalue weighted by molar-refractivity contribution is -0.117. The van der Waals surface area contributed by atoms with Gasteiger partial charge in [-0.25, -0.2) is 9.37 Å². The number of anilines is 2. The quantitative estimate of drug-likeness (QED) is 0.625. The topological polar surface area (TPSA) is 78.6 Å². The van der Waals surface area contributed by atoms with Crippen molar-refractivity contribution in [3.05, 3.63) is 66.2 Å². The normalized spacial score (nSPS) is 19.9. The maximum atomic E-state index is 13.2. The van der Waals surface area contributed by atoms with Crippen LogP contribution in [-0.2, 0) is 11.3 Å². The number of nitrogens with zero attached hydrogens (tertiary/aromatic N) is 6. The number of hydrogen-bond donors (Lipinski definition) is 0. The van der Waals surface area contributed by atoms with E-state index in [1.807, 2.05) is 24.4 Å². The summed E-state index contributed by atoms with van der Waals surface area (Å²) in [6.07, 6.45) is 2.13. The predicted molar refractivity (Wildman–Crippen MR) is 112 cm³/mol. The Morgan fingerprint density at radius 1 is 1.06 bits per heavy atom. The van der Waals surface area contributed by atoms with Crippen molar-refractivity contribution in [1.82, 2.24) is 20.0 Å². The largest absolute Gasteiger partial charge is 0.354 e. The van der Waals surface area contributed by atoms with E-state index in [4.69, 9.17) is 4.52 Å². The van der Waals surface area contributed by atoms with E-state index in [9.17, 15) is 9.18 Å². The van der Waals surface area contributed by atoms with Crippen molar-refractivity contribution in [2.45, 2.75) is 18.9 Å². The monoisotopic (exact) mass is 422 g/mol. The Morgan fingerprint density at radius 3 is 2.61 bits per heavy atom. The van der Waals surface area contributed by atoms with E-state index in [2.05, 4.69) is 24.9 Å². The number of piperazine rings is 1. The third kappa shape index (κ3) is 4.27. The number of carbonyl (C=O) groups is 1. The first kappa shape index (κ1) is 19.6. The van der Waals surface area contributed by atoms with Crippen LogP contribution in [0.15, 0.2) is 53.2 Å². The molecule has 160 valence electrons. The molecule has 0 spiro atoms. The molecular weight excluding hydrogens is 399 g/mol. The molecule has 3 aromatic rings. The van der Waals surface area contributed by atoms with E-state index in [-0.39, 0.29) is 17.6 Å². The molecule has 2 aromatic heterocycles. The summed E-state index contributed by atoms with van der Waals surface area (Å²) in [7, 11) is 0. The molecule has 2 aliphatic heterocycles. The van der Waals surface area contributed by atoms with E-state index in [1.165, 1.54) is 12.1 Å². The first-order chi connectivity index (χ1) is 15.2. The van der Waals surface area contributed by atoms with Crippen LogP contribution < -0.4 is 9.80 Å². The number of rotatable bonds is 5. The zero-order valence-corrected chi connectivity index (χ0v) is 17.0. The second kappa shape index (κ2) is 8.43. The Morgan fingerprint density at radius 2 is 1.87 bits per heavy atom. The highest BCUT2D eigenvalue weighted by atomic mass is 19.1. The Labute approximate surface area is 179 Å². The molecule has 0 aliphatic carbocycles. The molecule has 0 N–H and O–H groups in total. The van der Waals surface area contributed by atoms with Crippen molar-refractivity contribution in [3.8, 4) is 0 Å². The molecule has 4 heterocycles. The Kier molecular flexibility index (Phi) is 5.33. The molecule has 0 bridgehead atoms. The first-order valence-corrected chi connectivity index (χ1v) is 10.4. The summed E-state index contributed by atoms with van der Waals surface area (Å²) in [6.45, 7) is 4.60. The number of benzene rings is 1. The van der Waals surface area contributed by atoms with E-state index in [0.717, 1.165) is 32.0 Å². The van der Waals surface area contributed by atoms with Gasteiger partial charge < -0.3 is 14.3 Å². The molecule has 5 rings (SSSR count). The van der Waals surface area contributed by atoms with Crippen molar-refractivity contribution >= 4 is 17.4 Å². The lowest BCUT2D eigenvalue weighted by atomic mass is 10.1. The summed E-state index contributed by atoms with van der Waals surface area (Å²) >= 11 is 0. The van der Waals surface area contributed by atoms with E-state index < -0.39 is 0 Å². The number of hydrogen-bond acceptors (Lipinski definition) is 7. The molecule has 1 aromatic carbocycles. The van der Waals surface area contributed by atoms with Crippen LogP contribution in [0.5, 0.6) is 0 Å². The van der Waals surface area contributed by atoms with Crippen LogP contribution in [0.3, 0.4) is 0 Å². The second-order valence-corrected chi connectivity index (χ2v) is 7.88. The maximum absolute atomic E-state index is 13.2. The summed E-state index contributed by atoms with van der Waals surface area (Å²) in [5.41, 5.74) is 0.684. The number of halogens is 1. The molecule has 9 heteroatoms. The van der Waals surface area contributed by atoms with Crippen molar-refractivity contribution in [2.75, 3.05) is 42.5 Å². The molecule has 31 heavy (non-hydrogen) atoms. The van der Waals surface area contributed by atoms with Gasteiger partial charge in [0, 0.05) is 56.9 Å². The van der Waals surface area contributed by atoms with Gasteiger partial charge in [0.25, 0.3) is 0 Å². The molecule has 2 saturated heterocycles. The number of aromatic nitrogens is 3. The summed E-state index contributed by atoms with van der Waals surface area (Å²) in [5, 5.41) is 4.13. The van der Waals surface area contributed by atoms with Gasteiger partial charge in [0.15, 0.2) is 5.82 Å². The molecule has 0 saturated carbocycles. The third-order valence-corrected chi connectivity index (χ3v) is 5.82. The van der Waals surface area contributed by atoms with Crippen LogP contribution in [0.1, 0.15) is 24.1 Å². The number of pyridine rings is 1. The molecule has 0 radical (unpaired) electrons. The Bertz CT molecular complexity index is 1030. The van der Waals surface area contributed by atoms with Gasteiger partial charge in [0.1, 0.15) is 11.6 Å². The Balaban J connectivity index is 1.17. The zero-order valence-electron chi connectivity index (χ0n) is 17.0. The van der Waals surface area contributed by atoms with Gasteiger partial charge in [-0.2, -0.15) is 4.98 Å². The minimum Gasteiger partial charge on any atom is -0.354 e. The van der Waals surface area contributed by atoms with Gasteiger partial charge in [0.2, 0.25) is 11.8 Å². The fourth-order valence-corrected chi connectivity index (χ4v) is 4.12. The van der Waals surface area contributed by atoms with Crippen molar-refractivity contribution < 1.29 is 13.7 Å². The highest BCUT2D eigenvalue weighted by Gasteiger charge is 2.34. The standard InChI is InChI=1S/C22H23FN6O2/c23-17-4-6-18(7-5-17)29-14-16(13-21(29)30)22-25-20(31-26-22)15-27-9-11-28(12-10-27)19-3-1-2-8-24-19/h1-8,16H,9-15H2/t16-/m1/s1. The average Bonchev–Trinajstić information content (AvgIpc) is 3.42. The van der Waals surface area contributed by atoms with Gasteiger partial charge in [-0.3, -0.25) is 9.69 Å². The lowest BCUT2D eigenvalue weighted by Crippen LogP contribution is -2.46.